The molecule has 0 bridgehead atoms. The van der Waals surface area contributed by atoms with Gasteiger partial charge in [0.2, 0.25) is 0 Å². The van der Waals surface area contributed by atoms with Crippen LogP contribution < -0.4 is 4.74 Å². The molecule has 0 heterocycles. The van der Waals surface area contributed by atoms with Crippen molar-refractivity contribution in [2.24, 2.45) is 0 Å². The Kier molecular flexibility index (Phi) is 6.03. The van der Waals surface area contributed by atoms with Crippen LogP contribution in [0.4, 0.5) is 8.78 Å². The molecule has 0 aromatic heterocycles. The van der Waals surface area contributed by atoms with Gasteiger partial charge in [0.05, 0.1) is 6.61 Å². The van der Waals surface area contributed by atoms with E-state index in [1.165, 1.54) is 37.4 Å². The van der Waals surface area contributed by atoms with Crippen molar-refractivity contribution in [2.75, 3.05) is 20.5 Å². The van der Waals surface area contributed by atoms with E-state index in [1.54, 1.807) is 18.2 Å². The van der Waals surface area contributed by atoms with Crippen molar-refractivity contribution in [1.29, 1.82) is 5.26 Å². The number of nitrogens with zero attached hydrogens (tertiary/aromatic N) is 1. The Morgan fingerprint density at radius 2 is 1.87 bits per heavy atom. The van der Waals surface area contributed by atoms with Gasteiger partial charge in [-0.05, 0) is 29.8 Å². The fraction of sp³-hybridized carbons (Fsp3) is 0.235. The molecule has 1 atom stereocenters. The van der Waals surface area contributed by atoms with Crippen LogP contribution in [0.1, 0.15) is 17.2 Å². The van der Waals surface area contributed by atoms with Gasteiger partial charge in [-0.2, -0.15) is 5.26 Å². The van der Waals surface area contributed by atoms with Crippen LogP contribution in [0.15, 0.2) is 42.5 Å². The monoisotopic (exact) mass is 319 g/mol. The number of nitriles is 1. The molecule has 0 radical (unpaired) electrons. The molecule has 0 aliphatic rings. The molecular formula is C17H15F2NO3. The second-order valence-corrected chi connectivity index (χ2v) is 4.66. The lowest BCUT2D eigenvalue weighted by molar-refractivity contribution is -0.0572. The molecule has 120 valence electrons. The van der Waals surface area contributed by atoms with Gasteiger partial charge in [0.15, 0.2) is 0 Å². The molecule has 4 nitrogen and oxygen atoms in total. The number of halogens is 2. The first-order valence-electron chi connectivity index (χ1n) is 6.83. The lowest BCUT2D eigenvalue weighted by atomic mass is 10.1. The summed E-state index contributed by atoms with van der Waals surface area (Å²) in [6.07, 6.45) is -0.639. The summed E-state index contributed by atoms with van der Waals surface area (Å²) >= 11 is 0. The molecule has 2 aromatic rings. The second kappa shape index (κ2) is 8.22. The van der Waals surface area contributed by atoms with Crippen molar-refractivity contribution >= 4 is 0 Å². The average Bonchev–Trinajstić information content (AvgIpc) is 2.55. The van der Waals surface area contributed by atoms with Crippen molar-refractivity contribution in [3.05, 3.63) is 65.2 Å². The third-order valence-electron chi connectivity index (χ3n) is 3.07. The Bertz CT molecular complexity index is 683. The molecule has 0 saturated heterocycles. The van der Waals surface area contributed by atoms with Gasteiger partial charge in [0.25, 0.3) is 0 Å². The summed E-state index contributed by atoms with van der Waals surface area (Å²) in [7, 11) is 1.48. The van der Waals surface area contributed by atoms with E-state index in [0.717, 1.165) is 0 Å². The van der Waals surface area contributed by atoms with E-state index in [9.17, 15) is 8.78 Å². The average molecular weight is 319 g/mol. The summed E-state index contributed by atoms with van der Waals surface area (Å²) in [5.41, 5.74) is 0.446. The highest BCUT2D eigenvalue weighted by atomic mass is 19.1. The topological polar surface area (TPSA) is 51.5 Å². The van der Waals surface area contributed by atoms with E-state index in [1.807, 2.05) is 0 Å². The van der Waals surface area contributed by atoms with Crippen LogP contribution >= 0.6 is 0 Å². The van der Waals surface area contributed by atoms with Crippen molar-refractivity contribution in [2.45, 2.75) is 6.10 Å². The number of hydrogen-bond acceptors (Lipinski definition) is 4. The van der Waals surface area contributed by atoms with E-state index in [-0.39, 0.29) is 30.5 Å². The highest BCUT2D eigenvalue weighted by molar-refractivity contribution is 5.44. The number of hydrogen-bond donors (Lipinski definition) is 0. The van der Waals surface area contributed by atoms with Gasteiger partial charge >= 0.3 is 0 Å². The molecule has 0 saturated carbocycles. The van der Waals surface area contributed by atoms with Gasteiger partial charge < -0.3 is 14.2 Å². The van der Waals surface area contributed by atoms with Crippen molar-refractivity contribution in [1.82, 2.24) is 0 Å². The first kappa shape index (κ1) is 16.9. The molecule has 2 aromatic carbocycles. The molecule has 1 unspecified atom stereocenters. The van der Waals surface area contributed by atoms with Crippen LogP contribution in [0.25, 0.3) is 0 Å². The molecule has 0 spiro atoms. The van der Waals surface area contributed by atoms with Crippen LogP contribution in [-0.4, -0.2) is 20.5 Å². The van der Waals surface area contributed by atoms with Gasteiger partial charge in [0.1, 0.15) is 41.9 Å². The van der Waals surface area contributed by atoms with Gasteiger partial charge in [-0.1, -0.05) is 18.2 Å². The molecule has 0 N–H and O–H groups in total. The minimum absolute atomic E-state index is 0.0509. The Hall–Kier alpha value is -2.49. The Balaban J connectivity index is 2.26. The van der Waals surface area contributed by atoms with E-state index < -0.39 is 11.9 Å². The van der Waals surface area contributed by atoms with Crippen molar-refractivity contribution in [3.8, 4) is 11.8 Å². The smallest absolute Gasteiger partial charge is 0.147 e. The second-order valence-electron chi connectivity index (χ2n) is 4.66. The number of rotatable bonds is 7. The number of ether oxygens (including phenoxy) is 3. The summed E-state index contributed by atoms with van der Waals surface area (Å²) < 4.78 is 42.6. The summed E-state index contributed by atoms with van der Waals surface area (Å²) in [4.78, 5) is 0. The Labute approximate surface area is 132 Å². The van der Waals surface area contributed by atoms with Gasteiger partial charge in [-0.25, -0.2) is 8.78 Å². The van der Waals surface area contributed by atoms with Gasteiger partial charge in [-0.15, -0.1) is 0 Å². The third-order valence-corrected chi connectivity index (χ3v) is 3.07. The van der Waals surface area contributed by atoms with Crippen molar-refractivity contribution < 1.29 is 23.0 Å². The maximum Gasteiger partial charge on any atom is 0.147 e. The standard InChI is InChI=1S/C17H15F2NO3/c1-21-11-22-10-17(12-5-7-13(18)8-6-12)23-16-4-2-3-15(19)14(16)9-20/h2-8,17H,10-11H2,1H3. The van der Waals surface area contributed by atoms with Crippen LogP contribution in [0.2, 0.25) is 0 Å². The SMILES string of the molecule is COCOCC(Oc1cccc(F)c1C#N)c1ccc(F)cc1. The summed E-state index contributed by atoms with van der Waals surface area (Å²) in [5, 5.41) is 9.06. The van der Waals surface area contributed by atoms with E-state index >= 15 is 0 Å². The van der Waals surface area contributed by atoms with Crippen LogP contribution in [-0.2, 0) is 9.47 Å². The largest absolute Gasteiger partial charge is 0.482 e. The van der Waals surface area contributed by atoms with Crippen molar-refractivity contribution in [3.63, 3.8) is 0 Å². The molecule has 23 heavy (non-hydrogen) atoms. The lowest BCUT2D eigenvalue weighted by Crippen LogP contribution is -2.16. The zero-order chi connectivity index (χ0) is 16.7. The minimum atomic E-state index is -0.666. The quantitative estimate of drug-likeness (QED) is 0.578. The predicted molar refractivity (Wildman–Crippen MR) is 78.7 cm³/mol. The van der Waals surface area contributed by atoms with Crippen LogP contribution in [0.5, 0.6) is 5.75 Å². The van der Waals surface area contributed by atoms with E-state index in [0.29, 0.717) is 5.56 Å². The molecule has 0 aliphatic carbocycles. The fourth-order valence-electron chi connectivity index (χ4n) is 1.98. The lowest BCUT2D eigenvalue weighted by Gasteiger charge is -2.20. The van der Waals surface area contributed by atoms with E-state index in [4.69, 9.17) is 19.5 Å². The van der Waals surface area contributed by atoms with Crippen LogP contribution in [0.3, 0.4) is 0 Å². The Morgan fingerprint density at radius 3 is 2.52 bits per heavy atom. The first-order chi connectivity index (χ1) is 11.2. The molecule has 0 amide bonds. The first-order valence-corrected chi connectivity index (χ1v) is 6.83. The zero-order valence-electron chi connectivity index (χ0n) is 12.5. The maximum absolute atomic E-state index is 13.7. The molecule has 6 heteroatoms. The molecular weight excluding hydrogens is 304 g/mol. The summed E-state index contributed by atoms with van der Waals surface area (Å²) in [6, 6.07) is 11.6. The maximum atomic E-state index is 13.7. The van der Waals surface area contributed by atoms with Gasteiger partial charge in [-0.3, -0.25) is 0 Å². The normalized spacial score (nSPS) is 11.7. The number of benzene rings is 2. The highest BCUT2D eigenvalue weighted by Crippen LogP contribution is 2.27. The predicted octanol–water partition coefficient (Wildman–Crippen LogP) is 3.58. The van der Waals surface area contributed by atoms with E-state index in [2.05, 4.69) is 0 Å². The van der Waals surface area contributed by atoms with Gasteiger partial charge in [0, 0.05) is 7.11 Å². The number of methoxy groups -OCH3 is 1. The zero-order valence-corrected chi connectivity index (χ0v) is 12.5. The third kappa shape index (κ3) is 4.49. The minimum Gasteiger partial charge on any atom is -0.482 e. The molecule has 0 fully saturated rings. The highest BCUT2D eigenvalue weighted by Gasteiger charge is 2.18. The van der Waals surface area contributed by atoms with Crippen LogP contribution in [0, 0.1) is 23.0 Å². The molecule has 2 rings (SSSR count). The summed E-state index contributed by atoms with van der Waals surface area (Å²) in [5.74, 6) is -0.947. The summed E-state index contributed by atoms with van der Waals surface area (Å²) in [6.45, 7) is 0.149. The Morgan fingerprint density at radius 1 is 1.13 bits per heavy atom. The fourth-order valence-corrected chi connectivity index (χ4v) is 1.98. The molecule has 0 aliphatic heterocycles.